The van der Waals surface area contributed by atoms with Crippen molar-refractivity contribution >= 4 is 28.5 Å². The van der Waals surface area contributed by atoms with E-state index in [9.17, 15) is 13.2 Å². The van der Waals surface area contributed by atoms with Gasteiger partial charge in [0.25, 0.3) is 0 Å². The highest BCUT2D eigenvalue weighted by Gasteiger charge is 2.34. The van der Waals surface area contributed by atoms with Gasteiger partial charge in [-0.15, -0.1) is 0 Å². The average molecular weight is 249 g/mol. The standard InChI is InChI=1S/C8H4ClF3N4/c9-6-3-1-15-7(13)16-5(3)4(2-14-6)8(10,11)12/h1-2H,(H2,13,15,16). The van der Waals surface area contributed by atoms with Gasteiger partial charge in [0.15, 0.2) is 0 Å². The van der Waals surface area contributed by atoms with Gasteiger partial charge in [0.1, 0.15) is 10.7 Å². The molecule has 0 aliphatic carbocycles. The Balaban J connectivity index is 2.86. The van der Waals surface area contributed by atoms with Gasteiger partial charge < -0.3 is 5.73 Å². The van der Waals surface area contributed by atoms with E-state index in [0.29, 0.717) is 6.20 Å². The monoisotopic (exact) mass is 248 g/mol. The Kier molecular flexibility index (Phi) is 2.34. The molecule has 2 aromatic rings. The van der Waals surface area contributed by atoms with Gasteiger partial charge in [0.05, 0.1) is 10.9 Å². The Morgan fingerprint density at radius 3 is 2.50 bits per heavy atom. The van der Waals surface area contributed by atoms with Gasteiger partial charge in [-0.25, -0.2) is 15.0 Å². The molecule has 0 saturated heterocycles. The first-order valence-corrected chi connectivity index (χ1v) is 4.41. The summed E-state index contributed by atoms with van der Waals surface area (Å²) in [6.07, 6.45) is -2.82. The predicted octanol–water partition coefficient (Wildman–Crippen LogP) is 2.28. The van der Waals surface area contributed by atoms with Crippen molar-refractivity contribution in [2.75, 3.05) is 5.73 Å². The van der Waals surface area contributed by atoms with Crippen LogP contribution in [0.15, 0.2) is 12.4 Å². The van der Waals surface area contributed by atoms with Crippen LogP contribution in [0.5, 0.6) is 0 Å². The van der Waals surface area contributed by atoms with E-state index >= 15 is 0 Å². The third-order valence-electron chi connectivity index (χ3n) is 1.90. The van der Waals surface area contributed by atoms with Crippen LogP contribution in [0, 0.1) is 0 Å². The van der Waals surface area contributed by atoms with E-state index in [4.69, 9.17) is 17.3 Å². The highest BCUT2D eigenvalue weighted by molar-refractivity contribution is 6.34. The predicted molar refractivity (Wildman–Crippen MR) is 51.8 cm³/mol. The van der Waals surface area contributed by atoms with E-state index in [1.807, 2.05) is 0 Å². The van der Waals surface area contributed by atoms with Crippen molar-refractivity contribution in [2.24, 2.45) is 0 Å². The number of hydrogen-bond acceptors (Lipinski definition) is 4. The summed E-state index contributed by atoms with van der Waals surface area (Å²) in [6, 6.07) is 0. The van der Waals surface area contributed by atoms with E-state index in [-0.39, 0.29) is 22.0 Å². The molecule has 0 aromatic carbocycles. The molecule has 4 nitrogen and oxygen atoms in total. The zero-order valence-corrected chi connectivity index (χ0v) is 8.34. The zero-order valence-electron chi connectivity index (χ0n) is 7.59. The van der Waals surface area contributed by atoms with Crippen LogP contribution >= 0.6 is 11.6 Å². The van der Waals surface area contributed by atoms with Gasteiger partial charge in [-0.2, -0.15) is 13.2 Å². The number of pyridine rings is 1. The van der Waals surface area contributed by atoms with Crippen molar-refractivity contribution in [2.45, 2.75) is 6.18 Å². The molecule has 0 fully saturated rings. The van der Waals surface area contributed by atoms with Gasteiger partial charge in [-0.1, -0.05) is 11.6 Å². The molecule has 2 rings (SSSR count). The fourth-order valence-corrected chi connectivity index (χ4v) is 1.40. The lowest BCUT2D eigenvalue weighted by molar-refractivity contribution is -0.136. The molecule has 0 amide bonds. The van der Waals surface area contributed by atoms with Gasteiger partial charge in [-0.3, -0.25) is 0 Å². The number of nitrogens with zero attached hydrogens (tertiary/aromatic N) is 3. The van der Waals surface area contributed by atoms with E-state index < -0.39 is 11.7 Å². The van der Waals surface area contributed by atoms with Gasteiger partial charge in [0, 0.05) is 12.4 Å². The van der Waals surface area contributed by atoms with E-state index in [0.717, 1.165) is 6.20 Å². The molecule has 0 saturated carbocycles. The first kappa shape index (κ1) is 10.9. The number of rotatable bonds is 0. The van der Waals surface area contributed by atoms with Gasteiger partial charge in [0.2, 0.25) is 5.95 Å². The summed E-state index contributed by atoms with van der Waals surface area (Å²) in [7, 11) is 0. The summed E-state index contributed by atoms with van der Waals surface area (Å²) < 4.78 is 37.8. The molecule has 2 N–H and O–H groups in total. The van der Waals surface area contributed by atoms with Crippen LogP contribution in [-0.4, -0.2) is 15.0 Å². The quantitative estimate of drug-likeness (QED) is 0.727. The first-order valence-electron chi connectivity index (χ1n) is 4.03. The number of nitrogens with two attached hydrogens (primary N) is 1. The number of halogens is 4. The zero-order chi connectivity index (χ0) is 11.9. The number of hydrogen-bond donors (Lipinski definition) is 1. The van der Waals surface area contributed by atoms with Crippen LogP contribution in [0.4, 0.5) is 19.1 Å². The lowest BCUT2D eigenvalue weighted by Crippen LogP contribution is -2.08. The molecule has 84 valence electrons. The Morgan fingerprint density at radius 2 is 1.88 bits per heavy atom. The third-order valence-corrected chi connectivity index (χ3v) is 2.20. The Hall–Kier alpha value is -1.63. The van der Waals surface area contributed by atoms with E-state index in [1.54, 1.807) is 0 Å². The second kappa shape index (κ2) is 3.44. The fraction of sp³-hybridized carbons (Fsp3) is 0.125. The molecule has 0 aliphatic heterocycles. The second-order valence-electron chi connectivity index (χ2n) is 2.95. The fourth-order valence-electron chi connectivity index (χ4n) is 1.21. The van der Waals surface area contributed by atoms with E-state index in [1.165, 1.54) is 0 Å². The molecular formula is C8H4ClF3N4. The highest BCUT2D eigenvalue weighted by Crippen LogP contribution is 2.35. The van der Waals surface area contributed by atoms with Crippen molar-refractivity contribution < 1.29 is 13.2 Å². The number of aromatic nitrogens is 3. The second-order valence-corrected chi connectivity index (χ2v) is 3.31. The molecule has 0 atom stereocenters. The van der Waals surface area contributed by atoms with Gasteiger partial charge >= 0.3 is 6.18 Å². The molecule has 2 aromatic heterocycles. The van der Waals surface area contributed by atoms with Crippen LogP contribution in [-0.2, 0) is 6.18 Å². The number of anilines is 1. The lowest BCUT2D eigenvalue weighted by atomic mass is 10.2. The minimum atomic E-state index is -4.56. The molecule has 2 heterocycles. The largest absolute Gasteiger partial charge is 0.419 e. The molecule has 0 unspecified atom stereocenters. The molecule has 8 heteroatoms. The smallest absolute Gasteiger partial charge is 0.368 e. The maximum atomic E-state index is 12.6. The van der Waals surface area contributed by atoms with Crippen molar-refractivity contribution in [1.29, 1.82) is 0 Å². The number of nitrogen functional groups attached to an aromatic ring is 1. The van der Waals surface area contributed by atoms with E-state index in [2.05, 4.69) is 15.0 Å². The maximum absolute atomic E-state index is 12.6. The molecule has 0 spiro atoms. The molecule has 16 heavy (non-hydrogen) atoms. The van der Waals surface area contributed by atoms with Crippen LogP contribution in [0.3, 0.4) is 0 Å². The summed E-state index contributed by atoms with van der Waals surface area (Å²) in [5, 5.41) is -0.0753. The Labute approximate surface area is 92.3 Å². The minimum Gasteiger partial charge on any atom is -0.368 e. The molecule has 0 aliphatic rings. The Bertz CT molecular complexity index is 555. The van der Waals surface area contributed by atoms with Crippen molar-refractivity contribution in [3.05, 3.63) is 23.1 Å². The third kappa shape index (κ3) is 1.73. The summed E-state index contributed by atoms with van der Waals surface area (Å²) in [4.78, 5) is 10.5. The summed E-state index contributed by atoms with van der Waals surface area (Å²) in [5.74, 6) is -0.250. The molecule has 0 bridgehead atoms. The van der Waals surface area contributed by atoms with Crippen LogP contribution in [0.1, 0.15) is 5.56 Å². The van der Waals surface area contributed by atoms with Crippen LogP contribution in [0.25, 0.3) is 10.9 Å². The van der Waals surface area contributed by atoms with Gasteiger partial charge in [-0.05, 0) is 0 Å². The average Bonchev–Trinajstić information content (AvgIpc) is 2.15. The first-order chi connectivity index (χ1) is 7.39. The summed E-state index contributed by atoms with van der Waals surface area (Å²) >= 11 is 5.63. The number of fused-ring (bicyclic) bond motifs is 1. The minimum absolute atomic E-state index is 0.0192. The SMILES string of the molecule is Nc1ncc2c(Cl)ncc(C(F)(F)F)c2n1. The Morgan fingerprint density at radius 1 is 1.19 bits per heavy atom. The molecular weight excluding hydrogens is 245 g/mol. The normalized spacial score (nSPS) is 12.0. The van der Waals surface area contributed by atoms with Crippen molar-refractivity contribution in [3.8, 4) is 0 Å². The maximum Gasteiger partial charge on any atom is 0.419 e. The molecule has 0 radical (unpaired) electrons. The number of alkyl halides is 3. The van der Waals surface area contributed by atoms with Crippen molar-refractivity contribution in [3.63, 3.8) is 0 Å². The highest BCUT2D eigenvalue weighted by atomic mass is 35.5. The van der Waals surface area contributed by atoms with Crippen LogP contribution < -0.4 is 5.73 Å². The van der Waals surface area contributed by atoms with Crippen molar-refractivity contribution in [1.82, 2.24) is 15.0 Å². The topological polar surface area (TPSA) is 64.7 Å². The van der Waals surface area contributed by atoms with Crippen LogP contribution in [0.2, 0.25) is 5.15 Å². The summed E-state index contributed by atoms with van der Waals surface area (Å²) in [6.45, 7) is 0. The lowest BCUT2D eigenvalue weighted by Gasteiger charge is -2.09. The summed E-state index contributed by atoms with van der Waals surface area (Å²) in [5.41, 5.74) is 3.90.